The number of urea groups is 1. The van der Waals surface area contributed by atoms with Crippen LogP contribution in [0.4, 0.5) is 29.3 Å². The molecule has 0 saturated heterocycles. The zero-order valence-corrected chi connectivity index (χ0v) is 17.9. The fraction of sp³-hybridized carbons (Fsp3) is 0.333. The average molecular weight is 457 g/mol. The summed E-state index contributed by atoms with van der Waals surface area (Å²) in [7, 11) is 0. The van der Waals surface area contributed by atoms with Gasteiger partial charge in [-0.05, 0) is 55.6 Å². The van der Waals surface area contributed by atoms with E-state index in [1.165, 1.54) is 30.3 Å². The second-order valence-corrected chi connectivity index (χ2v) is 7.04. The Hall–Kier alpha value is -2.78. The predicted molar refractivity (Wildman–Crippen MR) is 116 cm³/mol. The van der Waals surface area contributed by atoms with Crippen LogP contribution in [0.25, 0.3) is 0 Å². The van der Waals surface area contributed by atoms with Crippen LogP contribution in [0.3, 0.4) is 0 Å². The summed E-state index contributed by atoms with van der Waals surface area (Å²) in [6.45, 7) is 7.12. The molecule has 168 valence electrons. The quantitative estimate of drug-likeness (QED) is 0.519. The van der Waals surface area contributed by atoms with Gasteiger partial charge in [-0.2, -0.15) is 13.2 Å². The van der Waals surface area contributed by atoms with Gasteiger partial charge in [-0.25, -0.2) is 4.79 Å². The summed E-state index contributed by atoms with van der Waals surface area (Å²) < 4.78 is 38.9. The predicted octanol–water partition coefficient (Wildman–Crippen LogP) is 5.07. The summed E-state index contributed by atoms with van der Waals surface area (Å²) in [5.74, 6) is -0.592. The molecule has 0 saturated carbocycles. The smallest absolute Gasteiger partial charge is 0.337 e. The Morgan fingerprint density at radius 1 is 0.968 bits per heavy atom. The molecule has 3 amide bonds. The van der Waals surface area contributed by atoms with Crippen LogP contribution in [0.1, 0.15) is 29.8 Å². The summed E-state index contributed by atoms with van der Waals surface area (Å²) in [5.41, 5.74) is -0.367. The molecule has 0 fully saturated rings. The molecular weight excluding hydrogens is 433 g/mol. The van der Waals surface area contributed by atoms with E-state index in [4.69, 9.17) is 11.6 Å². The van der Waals surface area contributed by atoms with Gasteiger partial charge in [-0.1, -0.05) is 25.4 Å². The third-order valence-corrected chi connectivity index (χ3v) is 4.87. The lowest BCUT2D eigenvalue weighted by molar-refractivity contribution is -0.137. The Labute approximate surface area is 183 Å². The van der Waals surface area contributed by atoms with Gasteiger partial charge in [-0.3, -0.25) is 4.79 Å². The van der Waals surface area contributed by atoms with Crippen molar-refractivity contribution >= 4 is 34.9 Å². The fourth-order valence-electron chi connectivity index (χ4n) is 2.77. The van der Waals surface area contributed by atoms with Gasteiger partial charge in [0.15, 0.2) is 0 Å². The lowest BCUT2D eigenvalue weighted by atomic mass is 10.1. The van der Waals surface area contributed by atoms with Crippen LogP contribution in [-0.2, 0) is 6.18 Å². The number of amides is 3. The van der Waals surface area contributed by atoms with Crippen molar-refractivity contribution in [2.24, 2.45) is 0 Å². The van der Waals surface area contributed by atoms with Crippen molar-refractivity contribution in [2.75, 3.05) is 36.8 Å². The van der Waals surface area contributed by atoms with Crippen molar-refractivity contribution in [3.63, 3.8) is 0 Å². The van der Waals surface area contributed by atoms with E-state index in [0.717, 1.165) is 31.8 Å². The highest BCUT2D eigenvalue weighted by molar-refractivity contribution is 6.31. The number of hydrogen-bond acceptors (Lipinski definition) is 3. The van der Waals surface area contributed by atoms with Crippen LogP contribution in [0, 0.1) is 0 Å². The molecule has 2 aromatic rings. The SMILES string of the molecule is CCN(CC)CCNC(=O)Nc1ccc(C(=O)Nc2ccc(Cl)c(C(F)(F)F)c2)cc1. The van der Waals surface area contributed by atoms with Crippen molar-refractivity contribution < 1.29 is 22.8 Å². The molecule has 2 rings (SSSR count). The Kier molecular flexibility index (Phi) is 8.70. The Morgan fingerprint density at radius 2 is 1.58 bits per heavy atom. The van der Waals surface area contributed by atoms with E-state index in [1.54, 1.807) is 0 Å². The van der Waals surface area contributed by atoms with Crippen LogP contribution < -0.4 is 16.0 Å². The molecule has 0 atom stereocenters. The molecule has 0 heterocycles. The zero-order chi connectivity index (χ0) is 23.0. The van der Waals surface area contributed by atoms with E-state index >= 15 is 0 Å². The molecule has 0 aromatic heterocycles. The van der Waals surface area contributed by atoms with Gasteiger partial charge < -0.3 is 20.9 Å². The highest BCUT2D eigenvalue weighted by atomic mass is 35.5. The van der Waals surface area contributed by atoms with E-state index in [2.05, 4.69) is 20.9 Å². The largest absolute Gasteiger partial charge is 0.417 e. The van der Waals surface area contributed by atoms with Crippen LogP contribution in [0.15, 0.2) is 42.5 Å². The van der Waals surface area contributed by atoms with E-state index in [-0.39, 0.29) is 17.3 Å². The number of nitrogens with zero attached hydrogens (tertiary/aromatic N) is 1. The molecule has 6 nitrogen and oxygen atoms in total. The normalized spacial score (nSPS) is 11.3. The highest BCUT2D eigenvalue weighted by Gasteiger charge is 2.33. The third-order valence-electron chi connectivity index (χ3n) is 4.54. The first-order valence-corrected chi connectivity index (χ1v) is 10.1. The lowest BCUT2D eigenvalue weighted by Gasteiger charge is -2.18. The number of carbonyl (C=O) groups excluding carboxylic acids is 2. The maximum absolute atomic E-state index is 13.0. The highest BCUT2D eigenvalue weighted by Crippen LogP contribution is 2.36. The minimum atomic E-state index is -4.63. The Bertz CT molecular complexity index is 900. The number of alkyl halides is 3. The lowest BCUT2D eigenvalue weighted by Crippen LogP contribution is -2.36. The molecule has 0 radical (unpaired) electrons. The number of benzene rings is 2. The van der Waals surface area contributed by atoms with Gasteiger partial charge in [0.1, 0.15) is 0 Å². The van der Waals surface area contributed by atoms with Gasteiger partial charge in [-0.15, -0.1) is 0 Å². The summed E-state index contributed by atoms with van der Waals surface area (Å²) in [4.78, 5) is 26.4. The molecular formula is C21H24ClF3N4O2. The summed E-state index contributed by atoms with van der Waals surface area (Å²) >= 11 is 5.58. The van der Waals surface area contributed by atoms with E-state index in [0.29, 0.717) is 12.2 Å². The number of anilines is 2. The summed E-state index contributed by atoms with van der Waals surface area (Å²) in [6, 6.07) is 8.75. The first-order chi connectivity index (χ1) is 14.6. The zero-order valence-electron chi connectivity index (χ0n) is 17.1. The maximum atomic E-state index is 13.0. The van der Waals surface area contributed by atoms with E-state index in [9.17, 15) is 22.8 Å². The minimum Gasteiger partial charge on any atom is -0.337 e. The standard InChI is InChI=1S/C21H24ClF3N4O2/c1-3-29(4-2)12-11-26-20(31)28-15-7-5-14(6-8-15)19(30)27-16-9-10-18(22)17(13-16)21(23,24)25/h5-10,13H,3-4,11-12H2,1-2H3,(H,27,30)(H2,26,28,31). The molecule has 3 N–H and O–H groups in total. The number of carbonyl (C=O) groups is 2. The van der Waals surface area contributed by atoms with Crippen molar-refractivity contribution in [1.82, 2.24) is 10.2 Å². The second kappa shape index (κ2) is 11.0. The number of rotatable bonds is 8. The van der Waals surface area contributed by atoms with E-state index < -0.39 is 22.7 Å². The van der Waals surface area contributed by atoms with Crippen molar-refractivity contribution in [1.29, 1.82) is 0 Å². The van der Waals surface area contributed by atoms with Gasteiger partial charge in [0.25, 0.3) is 5.91 Å². The van der Waals surface area contributed by atoms with Gasteiger partial charge in [0.2, 0.25) is 0 Å². The summed E-state index contributed by atoms with van der Waals surface area (Å²) in [5, 5.41) is 7.36. The van der Waals surface area contributed by atoms with Gasteiger partial charge in [0.05, 0.1) is 10.6 Å². The fourth-order valence-corrected chi connectivity index (χ4v) is 3.00. The molecule has 0 unspecified atom stereocenters. The number of hydrogen-bond donors (Lipinski definition) is 3. The molecule has 10 heteroatoms. The van der Waals surface area contributed by atoms with Gasteiger partial charge in [0, 0.05) is 30.0 Å². The van der Waals surface area contributed by atoms with Crippen LogP contribution in [0.2, 0.25) is 5.02 Å². The molecule has 0 aliphatic carbocycles. The number of nitrogens with one attached hydrogen (secondary N) is 3. The molecule has 2 aromatic carbocycles. The molecule has 0 aliphatic rings. The molecule has 31 heavy (non-hydrogen) atoms. The van der Waals surface area contributed by atoms with Crippen molar-refractivity contribution in [3.05, 3.63) is 58.6 Å². The van der Waals surface area contributed by atoms with Crippen molar-refractivity contribution in [3.8, 4) is 0 Å². The monoisotopic (exact) mass is 456 g/mol. The number of likely N-dealkylation sites (N-methyl/N-ethyl adjacent to an activating group) is 1. The second-order valence-electron chi connectivity index (χ2n) is 6.63. The first kappa shape index (κ1) is 24.5. The van der Waals surface area contributed by atoms with Gasteiger partial charge >= 0.3 is 12.2 Å². The Balaban J connectivity index is 1.93. The first-order valence-electron chi connectivity index (χ1n) is 9.69. The summed E-state index contributed by atoms with van der Waals surface area (Å²) in [6.07, 6.45) is -4.63. The maximum Gasteiger partial charge on any atom is 0.417 e. The number of halogens is 4. The minimum absolute atomic E-state index is 0.0310. The van der Waals surface area contributed by atoms with E-state index in [1.807, 2.05) is 13.8 Å². The van der Waals surface area contributed by atoms with Crippen LogP contribution in [-0.4, -0.2) is 43.0 Å². The van der Waals surface area contributed by atoms with Crippen LogP contribution in [0.5, 0.6) is 0 Å². The Morgan fingerprint density at radius 3 is 2.16 bits per heavy atom. The van der Waals surface area contributed by atoms with Crippen molar-refractivity contribution in [2.45, 2.75) is 20.0 Å². The topological polar surface area (TPSA) is 73.5 Å². The third kappa shape index (κ3) is 7.45. The average Bonchev–Trinajstić information content (AvgIpc) is 2.72. The molecule has 0 bridgehead atoms. The molecule has 0 aliphatic heterocycles. The molecule has 0 spiro atoms. The van der Waals surface area contributed by atoms with Crippen LogP contribution >= 0.6 is 11.6 Å².